The van der Waals surface area contributed by atoms with Crippen LogP contribution in [0.1, 0.15) is 37.7 Å². The first kappa shape index (κ1) is 21.5. The van der Waals surface area contributed by atoms with E-state index >= 15 is 0 Å². The average Bonchev–Trinajstić information content (AvgIpc) is 2.67. The van der Waals surface area contributed by atoms with Crippen LogP contribution in [-0.4, -0.2) is 71.0 Å². The van der Waals surface area contributed by atoms with Crippen molar-refractivity contribution in [3.63, 3.8) is 0 Å². The number of rotatable bonds is 10. The van der Waals surface area contributed by atoms with Gasteiger partial charge in [-0.05, 0) is 55.7 Å². The summed E-state index contributed by atoms with van der Waals surface area (Å²) >= 11 is 0. The molecule has 1 saturated heterocycles. The molecule has 5 unspecified atom stereocenters. The van der Waals surface area contributed by atoms with Gasteiger partial charge in [-0.2, -0.15) is 0 Å². The Hall–Kier alpha value is -1.22. The average molecular weight is 396 g/mol. The lowest BCUT2D eigenvalue weighted by molar-refractivity contribution is -0.301. The number of hydrogen-bond acceptors (Lipinski definition) is 7. The number of aliphatic hydroxyl groups is 4. The smallest absolute Gasteiger partial charge is 0.186 e. The summed E-state index contributed by atoms with van der Waals surface area (Å²) in [5.41, 5.74) is 1.23. The van der Waals surface area contributed by atoms with Crippen LogP contribution in [0.25, 0.3) is 0 Å². The van der Waals surface area contributed by atoms with Crippen LogP contribution in [0.15, 0.2) is 24.3 Å². The van der Waals surface area contributed by atoms with E-state index in [2.05, 4.69) is 12.1 Å². The minimum atomic E-state index is -1.40. The van der Waals surface area contributed by atoms with Crippen molar-refractivity contribution in [3.8, 4) is 5.75 Å². The minimum absolute atomic E-state index is 0.352. The molecule has 2 aliphatic rings. The van der Waals surface area contributed by atoms with Crippen LogP contribution in [0.5, 0.6) is 5.75 Å². The molecule has 0 amide bonds. The molecule has 1 heterocycles. The first-order valence-electron chi connectivity index (χ1n) is 10.2. The van der Waals surface area contributed by atoms with Gasteiger partial charge in [-0.25, -0.2) is 0 Å². The molecule has 1 aromatic carbocycles. The Morgan fingerprint density at radius 1 is 0.964 bits per heavy atom. The minimum Gasteiger partial charge on any atom is -0.493 e. The van der Waals surface area contributed by atoms with Gasteiger partial charge in [-0.15, -0.1) is 0 Å². The number of benzene rings is 1. The van der Waals surface area contributed by atoms with Crippen molar-refractivity contribution >= 4 is 0 Å². The molecular weight excluding hydrogens is 364 g/mol. The third-order valence-electron chi connectivity index (χ3n) is 5.62. The number of unbranched alkanes of at least 4 members (excludes halogenated alkanes) is 1. The summed E-state index contributed by atoms with van der Waals surface area (Å²) in [7, 11) is 0. The van der Waals surface area contributed by atoms with E-state index in [1.807, 2.05) is 12.1 Å². The molecule has 0 aromatic heterocycles. The fraction of sp³-hybridized carbons (Fsp3) is 0.714. The highest BCUT2D eigenvalue weighted by molar-refractivity contribution is 5.27. The zero-order valence-electron chi connectivity index (χ0n) is 16.2. The van der Waals surface area contributed by atoms with E-state index in [9.17, 15) is 20.4 Å². The van der Waals surface area contributed by atoms with Gasteiger partial charge in [-0.3, -0.25) is 0 Å². The maximum absolute atomic E-state index is 9.93. The normalized spacial score (nSPS) is 30.8. The Bertz CT molecular complexity index is 573. The quantitative estimate of drug-likeness (QED) is 0.437. The molecule has 4 N–H and O–H groups in total. The molecule has 7 nitrogen and oxygen atoms in total. The van der Waals surface area contributed by atoms with Crippen LogP contribution in [0.3, 0.4) is 0 Å². The highest BCUT2D eigenvalue weighted by Crippen LogP contribution is 2.27. The summed E-state index contributed by atoms with van der Waals surface area (Å²) in [6.45, 7) is 0.713. The van der Waals surface area contributed by atoms with E-state index in [4.69, 9.17) is 14.2 Å². The van der Waals surface area contributed by atoms with Crippen LogP contribution < -0.4 is 4.74 Å². The fourth-order valence-electron chi connectivity index (χ4n) is 3.46. The second-order valence-electron chi connectivity index (χ2n) is 7.78. The first-order chi connectivity index (χ1) is 13.6. The topological polar surface area (TPSA) is 109 Å². The first-order valence-corrected chi connectivity index (χ1v) is 10.2. The lowest BCUT2D eigenvalue weighted by Gasteiger charge is -2.39. The molecule has 1 aliphatic carbocycles. The van der Waals surface area contributed by atoms with E-state index < -0.39 is 37.3 Å². The summed E-state index contributed by atoms with van der Waals surface area (Å²) in [6.07, 6.45) is 0.359. The van der Waals surface area contributed by atoms with Crippen LogP contribution in [0, 0.1) is 5.92 Å². The SMILES string of the molecule is OCC1OC(OCCCCc2ccc(OCC3CCC3)cc2)C(O)C(O)C1O. The summed E-state index contributed by atoms with van der Waals surface area (Å²) in [4.78, 5) is 0. The van der Waals surface area contributed by atoms with Gasteiger partial charge in [0.15, 0.2) is 6.29 Å². The van der Waals surface area contributed by atoms with Gasteiger partial charge >= 0.3 is 0 Å². The van der Waals surface area contributed by atoms with Crippen molar-refractivity contribution in [2.75, 3.05) is 19.8 Å². The molecule has 7 heteroatoms. The third-order valence-corrected chi connectivity index (χ3v) is 5.62. The van der Waals surface area contributed by atoms with Gasteiger partial charge in [0.25, 0.3) is 0 Å². The second kappa shape index (κ2) is 10.5. The van der Waals surface area contributed by atoms with Crippen molar-refractivity contribution < 1.29 is 34.6 Å². The molecule has 1 aliphatic heterocycles. The lowest BCUT2D eigenvalue weighted by Crippen LogP contribution is -2.59. The number of aryl methyl sites for hydroxylation is 1. The van der Waals surface area contributed by atoms with Gasteiger partial charge in [0, 0.05) is 6.61 Å². The number of hydrogen-bond donors (Lipinski definition) is 4. The molecule has 2 fully saturated rings. The highest BCUT2D eigenvalue weighted by Gasteiger charge is 2.43. The lowest BCUT2D eigenvalue weighted by atomic mass is 9.86. The molecule has 0 spiro atoms. The molecular formula is C21H32O7. The van der Waals surface area contributed by atoms with E-state index in [0.29, 0.717) is 6.61 Å². The zero-order chi connectivity index (χ0) is 19.9. The van der Waals surface area contributed by atoms with E-state index in [-0.39, 0.29) is 0 Å². The van der Waals surface area contributed by atoms with Crippen molar-refractivity contribution in [1.29, 1.82) is 0 Å². The van der Waals surface area contributed by atoms with Crippen LogP contribution in [0.4, 0.5) is 0 Å². The molecule has 3 rings (SSSR count). The van der Waals surface area contributed by atoms with Crippen LogP contribution in [-0.2, 0) is 15.9 Å². The Labute approximate surface area is 165 Å². The van der Waals surface area contributed by atoms with Crippen molar-refractivity contribution in [2.45, 2.75) is 69.2 Å². The molecule has 158 valence electrons. The Balaban J connectivity index is 1.32. The van der Waals surface area contributed by atoms with Gasteiger partial charge in [0.05, 0.1) is 13.2 Å². The Kier molecular flexibility index (Phi) is 8.08. The van der Waals surface area contributed by atoms with E-state index in [1.54, 1.807) is 0 Å². The maximum atomic E-state index is 9.93. The van der Waals surface area contributed by atoms with Gasteiger partial charge in [-0.1, -0.05) is 18.6 Å². The largest absolute Gasteiger partial charge is 0.493 e. The van der Waals surface area contributed by atoms with Crippen molar-refractivity contribution in [2.24, 2.45) is 5.92 Å². The molecule has 1 aromatic rings. The summed E-state index contributed by atoms with van der Waals surface area (Å²) in [5, 5.41) is 38.6. The number of aliphatic hydroxyl groups excluding tert-OH is 4. The van der Waals surface area contributed by atoms with Crippen LogP contribution in [0.2, 0.25) is 0 Å². The third kappa shape index (κ3) is 5.65. The Morgan fingerprint density at radius 2 is 1.71 bits per heavy atom. The maximum Gasteiger partial charge on any atom is 0.186 e. The molecule has 0 bridgehead atoms. The number of ether oxygens (including phenoxy) is 3. The van der Waals surface area contributed by atoms with Gasteiger partial charge in [0.2, 0.25) is 0 Å². The highest BCUT2D eigenvalue weighted by atomic mass is 16.7. The zero-order valence-corrected chi connectivity index (χ0v) is 16.2. The van der Waals surface area contributed by atoms with E-state index in [0.717, 1.165) is 37.5 Å². The summed E-state index contributed by atoms with van der Waals surface area (Å²) < 4.78 is 16.6. The predicted molar refractivity (Wildman–Crippen MR) is 102 cm³/mol. The molecule has 28 heavy (non-hydrogen) atoms. The van der Waals surface area contributed by atoms with Gasteiger partial charge < -0.3 is 34.6 Å². The van der Waals surface area contributed by atoms with Crippen molar-refractivity contribution in [3.05, 3.63) is 29.8 Å². The molecule has 1 saturated carbocycles. The monoisotopic (exact) mass is 396 g/mol. The Morgan fingerprint density at radius 3 is 2.36 bits per heavy atom. The fourth-order valence-corrected chi connectivity index (χ4v) is 3.46. The standard InChI is InChI=1S/C21H32O7/c22-12-17-18(23)19(24)20(25)21(28-17)26-11-2-1-4-14-7-9-16(10-8-14)27-13-15-5-3-6-15/h7-10,15,17-25H,1-6,11-13H2. The molecule has 0 radical (unpaired) electrons. The second-order valence-corrected chi connectivity index (χ2v) is 7.78. The predicted octanol–water partition coefficient (Wildman–Crippen LogP) is 1.00. The molecule has 5 atom stereocenters. The van der Waals surface area contributed by atoms with E-state index in [1.165, 1.54) is 24.8 Å². The summed E-state index contributed by atoms with van der Waals surface area (Å²) in [5.74, 6) is 1.64. The van der Waals surface area contributed by atoms with Crippen molar-refractivity contribution in [1.82, 2.24) is 0 Å². The van der Waals surface area contributed by atoms with Gasteiger partial charge in [0.1, 0.15) is 30.2 Å². The van der Waals surface area contributed by atoms with Crippen LogP contribution >= 0.6 is 0 Å². The summed E-state index contributed by atoms with van der Waals surface area (Å²) in [6, 6.07) is 8.18.